The lowest BCUT2D eigenvalue weighted by molar-refractivity contribution is -0.139. The summed E-state index contributed by atoms with van der Waals surface area (Å²) in [5.74, 6) is -3.96. The molecule has 0 aliphatic rings. The lowest BCUT2D eigenvalue weighted by Gasteiger charge is -2.28. The lowest BCUT2D eigenvalue weighted by Crippen LogP contribution is -2.61. The number of amides is 4. The minimum absolute atomic E-state index is 0.0866. The second-order valence-corrected chi connectivity index (χ2v) is 9.63. The summed E-state index contributed by atoms with van der Waals surface area (Å²) >= 11 is 1.50. The van der Waals surface area contributed by atoms with E-state index >= 15 is 0 Å². The molecule has 0 heterocycles. The number of aliphatic hydroxyl groups is 2. The third kappa shape index (κ3) is 12.7. The van der Waals surface area contributed by atoms with Crippen molar-refractivity contribution >= 4 is 41.4 Å². The van der Waals surface area contributed by atoms with Crippen LogP contribution in [0.2, 0.25) is 0 Å². The summed E-state index contributed by atoms with van der Waals surface area (Å²) in [4.78, 5) is 61.0. The molecule has 0 spiro atoms. The van der Waals surface area contributed by atoms with Crippen molar-refractivity contribution in [3.8, 4) is 0 Å². The molecule has 6 atom stereocenters. The number of aliphatic hydroxyl groups excluding tert-OH is 2. The highest BCUT2D eigenvalue weighted by molar-refractivity contribution is 7.98. The van der Waals surface area contributed by atoms with E-state index in [2.05, 4.69) is 21.3 Å². The fourth-order valence-electron chi connectivity index (χ4n) is 2.94. The maximum atomic E-state index is 12.9. The third-order valence-corrected chi connectivity index (χ3v) is 5.49. The highest BCUT2D eigenvalue weighted by Crippen LogP contribution is 2.08. The first kappa shape index (κ1) is 32.6. The van der Waals surface area contributed by atoms with Crippen LogP contribution < -0.4 is 27.0 Å². The molecule has 4 amide bonds. The number of nitrogens with one attached hydrogen (secondary N) is 4. The second kappa shape index (κ2) is 16.3. The van der Waals surface area contributed by atoms with Crippen molar-refractivity contribution in [1.82, 2.24) is 21.3 Å². The van der Waals surface area contributed by atoms with Crippen molar-refractivity contribution in [2.45, 2.75) is 76.9 Å². The summed E-state index contributed by atoms with van der Waals surface area (Å²) in [6.07, 6.45) is -0.315. The van der Waals surface area contributed by atoms with Gasteiger partial charge in [-0.15, -0.1) is 0 Å². The highest BCUT2D eigenvalue weighted by atomic mass is 32.2. The number of carboxylic acid groups (broad SMARTS) is 1. The molecule has 14 heteroatoms. The van der Waals surface area contributed by atoms with Crippen LogP contribution in [0.15, 0.2) is 0 Å². The summed E-state index contributed by atoms with van der Waals surface area (Å²) in [5.41, 5.74) is 5.82. The molecular formula is C21H39N5O8S. The number of nitrogens with two attached hydrogens (primary N) is 1. The molecule has 0 rings (SSSR count). The van der Waals surface area contributed by atoms with Crippen LogP contribution >= 0.6 is 11.8 Å². The lowest BCUT2D eigenvalue weighted by atomic mass is 10.0. The zero-order valence-corrected chi connectivity index (χ0v) is 21.6. The van der Waals surface area contributed by atoms with Crippen molar-refractivity contribution in [2.24, 2.45) is 11.7 Å². The largest absolute Gasteiger partial charge is 0.480 e. The summed E-state index contributed by atoms with van der Waals surface area (Å²) in [5, 5.41) is 38.0. The SMILES string of the molecule is CSCC[C@H](N)C(=O)N[C@H](C(=O)N[C@@H](CC(C)C)C(=O)N[C@H](C(=O)NCC(=O)O)[C@@H](C)O)[C@@H](C)O. The Morgan fingerprint density at radius 3 is 1.80 bits per heavy atom. The van der Waals surface area contributed by atoms with Crippen LogP contribution in [0.5, 0.6) is 0 Å². The molecule has 0 saturated heterocycles. The standard InChI is InChI=1S/C21H39N5O8S/c1-10(2)8-14(19(32)26-16(11(3)27)20(33)23-9-15(29)30)24-21(34)17(12(4)28)25-18(31)13(22)6-7-35-5/h10-14,16-17,27-28H,6-9,22H2,1-5H3,(H,23,33)(H,24,34)(H,25,31)(H,26,32)(H,29,30)/t11-,12-,13+,14+,16+,17+/m1/s1. The molecule has 0 aliphatic heterocycles. The highest BCUT2D eigenvalue weighted by Gasteiger charge is 2.33. The van der Waals surface area contributed by atoms with E-state index in [9.17, 15) is 34.2 Å². The zero-order chi connectivity index (χ0) is 27.3. The van der Waals surface area contributed by atoms with Crippen molar-refractivity contribution in [3.05, 3.63) is 0 Å². The number of rotatable bonds is 16. The van der Waals surface area contributed by atoms with Crippen LogP contribution in [0.3, 0.4) is 0 Å². The normalized spacial score (nSPS) is 16.3. The van der Waals surface area contributed by atoms with Gasteiger partial charge in [-0.05, 0) is 44.6 Å². The van der Waals surface area contributed by atoms with E-state index in [4.69, 9.17) is 10.8 Å². The van der Waals surface area contributed by atoms with Gasteiger partial charge < -0.3 is 42.3 Å². The average Bonchev–Trinajstić information content (AvgIpc) is 2.75. The number of hydrogen-bond acceptors (Lipinski definition) is 9. The first-order valence-electron chi connectivity index (χ1n) is 11.2. The van der Waals surface area contributed by atoms with Gasteiger partial charge in [-0.2, -0.15) is 11.8 Å². The maximum Gasteiger partial charge on any atom is 0.322 e. The molecule has 0 bridgehead atoms. The summed E-state index contributed by atoms with van der Waals surface area (Å²) in [6, 6.07) is -4.94. The monoisotopic (exact) mass is 521 g/mol. The number of thioether (sulfide) groups is 1. The van der Waals surface area contributed by atoms with Gasteiger partial charge in [0.25, 0.3) is 0 Å². The Bertz CT molecular complexity index is 735. The molecule has 0 aromatic carbocycles. The topological polar surface area (TPSA) is 220 Å². The summed E-state index contributed by atoms with van der Waals surface area (Å²) in [6.45, 7) is 5.40. The molecule has 13 nitrogen and oxygen atoms in total. The Kier molecular flexibility index (Phi) is 15.2. The van der Waals surface area contributed by atoms with Gasteiger partial charge in [0, 0.05) is 0 Å². The Morgan fingerprint density at radius 2 is 1.34 bits per heavy atom. The quantitative estimate of drug-likeness (QED) is 0.107. The molecule has 9 N–H and O–H groups in total. The zero-order valence-electron chi connectivity index (χ0n) is 20.7. The van der Waals surface area contributed by atoms with Gasteiger partial charge in [0.1, 0.15) is 24.7 Å². The predicted octanol–water partition coefficient (Wildman–Crippen LogP) is -2.47. The molecule has 0 aromatic heterocycles. The number of carbonyl (C=O) groups excluding carboxylic acids is 4. The Balaban J connectivity index is 5.50. The van der Waals surface area contributed by atoms with Gasteiger partial charge >= 0.3 is 5.97 Å². The number of hydrogen-bond donors (Lipinski definition) is 8. The van der Waals surface area contributed by atoms with Gasteiger partial charge in [0.05, 0.1) is 18.2 Å². The van der Waals surface area contributed by atoms with Crippen molar-refractivity contribution in [2.75, 3.05) is 18.6 Å². The van der Waals surface area contributed by atoms with Gasteiger partial charge in [-0.3, -0.25) is 24.0 Å². The van der Waals surface area contributed by atoms with E-state index in [-0.39, 0.29) is 12.3 Å². The second-order valence-electron chi connectivity index (χ2n) is 8.64. The van der Waals surface area contributed by atoms with Crippen LogP contribution in [0.4, 0.5) is 0 Å². The molecule has 0 fully saturated rings. The molecule has 0 aliphatic carbocycles. The molecule has 0 aromatic rings. The van der Waals surface area contributed by atoms with Crippen molar-refractivity contribution in [3.63, 3.8) is 0 Å². The van der Waals surface area contributed by atoms with Crippen molar-refractivity contribution in [1.29, 1.82) is 0 Å². The number of carbonyl (C=O) groups is 5. The van der Waals surface area contributed by atoms with Gasteiger partial charge in [0.2, 0.25) is 23.6 Å². The Labute approximate surface area is 209 Å². The number of carboxylic acids is 1. The fraction of sp³-hybridized carbons (Fsp3) is 0.762. The van der Waals surface area contributed by atoms with Crippen LogP contribution in [0.25, 0.3) is 0 Å². The van der Waals surface area contributed by atoms with E-state index < -0.39 is 72.5 Å². The summed E-state index contributed by atoms with van der Waals surface area (Å²) < 4.78 is 0. The smallest absolute Gasteiger partial charge is 0.322 e. The molecule has 202 valence electrons. The molecule has 0 radical (unpaired) electrons. The van der Waals surface area contributed by atoms with Crippen LogP contribution in [-0.4, -0.2) is 99.8 Å². The average molecular weight is 522 g/mol. The van der Waals surface area contributed by atoms with Gasteiger partial charge in [0.15, 0.2) is 0 Å². The molecule has 0 saturated carbocycles. The Hall–Kier alpha value is -2.42. The minimum Gasteiger partial charge on any atom is -0.480 e. The minimum atomic E-state index is -1.48. The van der Waals surface area contributed by atoms with Gasteiger partial charge in [-0.1, -0.05) is 13.8 Å². The van der Waals surface area contributed by atoms with E-state index in [1.807, 2.05) is 6.26 Å². The van der Waals surface area contributed by atoms with E-state index in [0.29, 0.717) is 12.2 Å². The Morgan fingerprint density at radius 1 is 0.829 bits per heavy atom. The van der Waals surface area contributed by atoms with Gasteiger partial charge in [-0.25, -0.2) is 0 Å². The molecular weight excluding hydrogens is 482 g/mol. The molecule has 35 heavy (non-hydrogen) atoms. The van der Waals surface area contributed by atoms with E-state index in [1.54, 1.807) is 13.8 Å². The molecule has 0 unspecified atom stereocenters. The van der Waals surface area contributed by atoms with Crippen LogP contribution in [0, 0.1) is 5.92 Å². The van der Waals surface area contributed by atoms with E-state index in [0.717, 1.165) is 0 Å². The first-order chi connectivity index (χ1) is 16.2. The van der Waals surface area contributed by atoms with Crippen LogP contribution in [0.1, 0.15) is 40.5 Å². The summed E-state index contributed by atoms with van der Waals surface area (Å²) in [7, 11) is 0. The third-order valence-electron chi connectivity index (χ3n) is 4.85. The predicted molar refractivity (Wildman–Crippen MR) is 130 cm³/mol. The fourth-order valence-corrected chi connectivity index (χ4v) is 3.43. The van der Waals surface area contributed by atoms with Crippen LogP contribution in [-0.2, 0) is 24.0 Å². The number of aliphatic carboxylic acids is 1. The van der Waals surface area contributed by atoms with Crippen molar-refractivity contribution < 1.29 is 39.3 Å². The van der Waals surface area contributed by atoms with E-state index in [1.165, 1.54) is 25.6 Å². The maximum absolute atomic E-state index is 12.9. The first-order valence-corrected chi connectivity index (χ1v) is 12.6.